The minimum absolute atomic E-state index is 0.128. The summed E-state index contributed by atoms with van der Waals surface area (Å²) in [5, 5.41) is 3.57. The van der Waals surface area contributed by atoms with Crippen LogP contribution in [0.15, 0.2) is 0 Å². The van der Waals surface area contributed by atoms with Crippen LogP contribution in [0.3, 0.4) is 0 Å². The molecule has 2 aliphatic rings. The van der Waals surface area contributed by atoms with Crippen molar-refractivity contribution in [3.63, 3.8) is 0 Å². The number of amides is 1. The summed E-state index contributed by atoms with van der Waals surface area (Å²) < 4.78 is 6.02. The van der Waals surface area contributed by atoms with Gasteiger partial charge in [-0.3, -0.25) is 4.79 Å². The Morgan fingerprint density at radius 3 is 2.90 bits per heavy atom. The molecular weight excluding hydrogens is 272 g/mol. The third-order valence-electron chi connectivity index (χ3n) is 4.45. The molecule has 0 aromatic heterocycles. The lowest BCUT2D eigenvalue weighted by molar-refractivity contribution is -0.130. The first-order valence-corrected chi connectivity index (χ1v) is 9.07. The highest BCUT2D eigenvalue weighted by Crippen LogP contribution is 2.38. The van der Waals surface area contributed by atoms with Crippen LogP contribution in [0, 0.1) is 0 Å². The number of hydrogen-bond donors (Lipinski definition) is 1. The normalized spacial score (nSPS) is 29.8. The van der Waals surface area contributed by atoms with Gasteiger partial charge in [0.2, 0.25) is 5.91 Å². The van der Waals surface area contributed by atoms with Crippen molar-refractivity contribution in [2.45, 2.75) is 51.2 Å². The summed E-state index contributed by atoms with van der Waals surface area (Å²) in [7, 11) is 0. The van der Waals surface area contributed by atoms with E-state index < -0.39 is 0 Å². The molecule has 2 unspecified atom stereocenters. The molecular formula is C15H28N2O2S. The van der Waals surface area contributed by atoms with E-state index in [0.29, 0.717) is 12.5 Å². The Hall–Kier alpha value is -0.260. The van der Waals surface area contributed by atoms with Crippen molar-refractivity contribution in [2.75, 3.05) is 37.7 Å². The van der Waals surface area contributed by atoms with E-state index in [1.807, 2.05) is 30.5 Å². The fourth-order valence-electron chi connectivity index (χ4n) is 3.18. The molecule has 0 radical (unpaired) electrons. The molecule has 1 spiro atoms. The van der Waals surface area contributed by atoms with Crippen molar-refractivity contribution in [1.82, 2.24) is 10.2 Å². The maximum Gasteiger partial charge on any atom is 0.223 e. The van der Waals surface area contributed by atoms with Gasteiger partial charge in [0.05, 0.1) is 5.60 Å². The van der Waals surface area contributed by atoms with E-state index in [4.69, 9.17) is 4.74 Å². The first-order chi connectivity index (χ1) is 9.69. The monoisotopic (exact) mass is 300 g/mol. The Bertz CT molecular complexity index is 315. The fourth-order valence-corrected chi connectivity index (χ4v) is 4.56. The van der Waals surface area contributed by atoms with Crippen LogP contribution in [0.2, 0.25) is 0 Å². The van der Waals surface area contributed by atoms with Crippen LogP contribution in [-0.4, -0.2) is 60.2 Å². The molecule has 0 saturated carbocycles. The minimum Gasteiger partial charge on any atom is -0.374 e. The Morgan fingerprint density at radius 2 is 2.25 bits per heavy atom. The molecule has 0 aromatic rings. The summed E-state index contributed by atoms with van der Waals surface area (Å²) >= 11 is 2.01. The minimum atomic E-state index is 0.128. The molecule has 2 aliphatic heterocycles. The molecule has 2 heterocycles. The van der Waals surface area contributed by atoms with Crippen LogP contribution >= 0.6 is 11.8 Å². The lowest BCUT2D eigenvalue weighted by Gasteiger charge is -2.38. The van der Waals surface area contributed by atoms with E-state index in [1.165, 1.54) is 12.2 Å². The quantitative estimate of drug-likeness (QED) is 0.813. The summed E-state index contributed by atoms with van der Waals surface area (Å²) in [5.74, 6) is 2.64. The molecule has 0 aliphatic carbocycles. The van der Waals surface area contributed by atoms with Gasteiger partial charge in [-0.2, -0.15) is 11.8 Å². The van der Waals surface area contributed by atoms with E-state index in [9.17, 15) is 4.79 Å². The molecule has 1 amide bonds. The summed E-state index contributed by atoms with van der Waals surface area (Å²) in [4.78, 5) is 13.9. The standard InChI is InChI=1S/C15H28N2O2S/c1-3-17(4-2)14(18)5-8-16-13-6-9-19-15(11-13)7-10-20-12-15/h13,16H,3-12H2,1-2H3. The molecule has 5 heteroatoms. The van der Waals surface area contributed by atoms with Gasteiger partial charge in [0, 0.05) is 44.5 Å². The van der Waals surface area contributed by atoms with E-state index in [-0.39, 0.29) is 11.5 Å². The molecule has 0 aromatic carbocycles. The lowest BCUT2D eigenvalue weighted by Crippen LogP contribution is -2.47. The number of thioether (sulfide) groups is 1. The first kappa shape index (κ1) is 16.1. The number of hydrogen-bond acceptors (Lipinski definition) is 4. The zero-order valence-electron chi connectivity index (χ0n) is 12.8. The molecule has 2 saturated heterocycles. The number of ether oxygens (including phenoxy) is 1. The first-order valence-electron chi connectivity index (χ1n) is 7.92. The molecule has 4 nitrogen and oxygen atoms in total. The molecule has 2 atom stereocenters. The smallest absolute Gasteiger partial charge is 0.223 e. The van der Waals surface area contributed by atoms with Gasteiger partial charge in [0.25, 0.3) is 0 Å². The Labute approximate surface area is 127 Å². The maximum absolute atomic E-state index is 12.0. The zero-order valence-corrected chi connectivity index (χ0v) is 13.6. The second-order valence-electron chi connectivity index (χ2n) is 5.79. The zero-order chi connectivity index (χ0) is 14.4. The highest BCUT2D eigenvalue weighted by atomic mass is 32.2. The third-order valence-corrected chi connectivity index (χ3v) is 5.67. The van der Waals surface area contributed by atoms with Crippen LogP contribution in [0.5, 0.6) is 0 Å². The number of carbonyl (C=O) groups is 1. The Balaban J connectivity index is 1.70. The summed E-state index contributed by atoms with van der Waals surface area (Å²) in [6.07, 6.45) is 3.99. The molecule has 2 fully saturated rings. The van der Waals surface area contributed by atoms with Crippen LogP contribution < -0.4 is 5.32 Å². The van der Waals surface area contributed by atoms with Crippen molar-refractivity contribution in [3.8, 4) is 0 Å². The number of carbonyl (C=O) groups excluding carboxylic acids is 1. The average molecular weight is 300 g/mol. The summed E-state index contributed by atoms with van der Waals surface area (Å²) in [6, 6.07) is 0.520. The molecule has 0 bridgehead atoms. The second kappa shape index (κ2) is 7.66. The number of rotatable bonds is 6. The molecule has 20 heavy (non-hydrogen) atoms. The van der Waals surface area contributed by atoms with Crippen LogP contribution in [0.1, 0.15) is 39.5 Å². The Kier molecular flexibility index (Phi) is 6.18. The van der Waals surface area contributed by atoms with E-state index >= 15 is 0 Å². The Morgan fingerprint density at radius 1 is 1.45 bits per heavy atom. The van der Waals surface area contributed by atoms with E-state index in [1.54, 1.807) is 0 Å². The third kappa shape index (κ3) is 4.12. The van der Waals surface area contributed by atoms with Gasteiger partial charge in [0.15, 0.2) is 0 Å². The predicted octanol–water partition coefficient (Wildman–Crippen LogP) is 1.89. The van der Waals surface area contributed by atoms with Gasteiger partial charge >= 0.3 is 0 Å². The number of nitrogens with one attached hydrogen (secondary N) is 1. The lowest BCUT2D eigenvalue weighted by atomic mass is 9.90. The molecule has 2 rings (SSSR count). The second-order valence-corrected chi connectivity index (χ2v) is 6.90. The molecule has 116 valence electrons. The van der Waals surface area contributed by atoms with Crippen molar-refractivity contribution < 1.29 is 9.53 Å². The van der Waals surface area contributed by atoms with Gasteiger partial charge < -0.3 is 15.0 Å². The fraction of sp³-hybridized carbons (Fsp3) is 0.933. The van der Waals surface area contributed by atoms with Crippen molar-refractivity contribution in [2.24, 2.45) is 0 Å². The highest BCUT2D eigenvalue weighted by molar-refractivity contribution is 7.99. The van der Waals surface area contributed by atoms with E-state index in [0.717, 1.165) is 44.8 Å². The SMILES string of the molecule is CCN(CC)C(=O)CCNC1CCOC2(CCSC2)C1. The van der Waals surface area contributed by atoms with Crippen LogP contribution in [-0.2, 0) is 9.53 Å². The maximum atomic E-state index is 12.0. The topological polar surface area (TPSA) is 41.6 Å². The predicted molar refractivity (Wildman–Crippen MR) is 84.2 cm³/mol. The van der Waals surface area contributed by atoms with Gasteiger partial charge in [-0.25, -0.2) is 0 Å². The number of nitrogens with zero attached hydrogens (tertiary/aromatic N) is 1. The van der Waals surface area contributed by atoms with Crippen molar-refractivity contribution in [1.29, 1.82) is 0 Å². The van der Waals surface area contributed by atoms with Gasteiger partial charge in [-0.15, -0.1) is 0 Å². The van der Waals surface area contributed by atoms with Gasteiger partial charge in [-0.05, 0) is 38.9 Å². The summed E-state index contributed by atoms with van der Waals surface area (Å²) in [5.41, 5.74) is 0.128. The van der Waals surface area contributed by atoms with Crippen LogP contribution in [0.25, 0.3) is 0 Å². The van der Waals surface area contributed by atoms with Crippen molar-refractivity contribution in [3.05, 3.63) is 0 Å². The van der Waals surface area contributed by atoms with Crippen molar-refractivity contribution >= 4 is 17.7 Å². The van der Waals surface area contributed by atoms with E-state index in [2.05, 4.69) is 5.32 Å². The highest BCUT2D eigenvalue weighted by Gasteiger charge is 2.40. The molecule has 1 N–H and O–H groups in total. The average Bonchev–Trinajstić information content (AvgIpc) is 2.88. The summed E-state index contributed by atoms with van der Waals surface area (Å²) in [6.45, 7) is 7.36. The largest absolute Gasteiger partial charge is 0.374 e. The van der Waals surface area contributed by atoms with Gasteiger partial charge in [-0.1, -0.05) is 0 Å². The van der Waals surface area contributed by atoms with Crippen LogP contribution in [0.4, 0.5) is 0 Å². The van der Waals surface area contributed by atoms with Gasteiger partial charge in [0.1, 0.15) is 0 Å².